The summed E-state index contributed by atoms with van der Waals surface area (Å²) in [6.45, 7) is 1.34. The fraction of sp³-hybridized carbons (Fsp3) is 0.350. The molecule has 0 unspecified atom stereocenters. The lowest BCUT2D eigenvalue weighted by Gasteiger charge is -2.27. The number of carbonyl (C=O) groups excluding carboxylic acids is 1. The molecule has 1 N–H and O–H groups in total. The lowest BCUT2D eigenvalue weighted by molar-refractivity contribution is 0.0929. The van der Waals surface area contributed by atoms with E-state index in [0.29, 0.717) is 17.9 Å². The van der Waals surface area contributed by atoms with Gasteiger partial charge in [0.15, 0.2) is 0 Å². The maximum absolute atomic E-state index is 12.5. The van der Waals surface area contributed by atoms with Crippen molar-refractivity contribution in [1.82, 2.24) is 5.32 Å². The van der Waals surface area contributed by atoms with Gasteiger partial charge in [-0.3, -0.25) is 4.79 Å². The number of hydrogen-bond donors (Lipinski definition) is 1. The normalized spacial score (nSPS) is 13.9. The summed E-state index contributed by atoms with van der Waals surface area (Å²) in [6.07, 6.45) is 3.64. The van der Waals surface area contributed by atoms with Gasteiger partial charge in [0.25, 0.3) is 5.91 Å². The molecular formula is C20H24N2O2. The third kappa shape index (κ3) is 4.07. The van der Waals surface area contributed by atoms with Crippen LogP contribution in [0.1, 0.15) is 29.6 Å². The van der Waals surface area contributed by atoms with Gasteiger partial charge in [0.05, 0.1) is 11.7 Å². The molecule has 126 valence electrons. The summed E-state index contributed by atoms with van der Waals surface area (Å²) >= 11 is 0. The van der Waals surface area contributed by atoms with E-state index in [9.17, 15) is 4.79 Å². The number of benzene rings is 2. The van der Waals surface area contributed by atoms with E-state index in [1.165, 1.54) is 6.42 Å². The fourth-order valence-electron chi connectivity index (χ4n) is 2.67. The summed E-state index contributed by atoms with van der Waals surface area (Å²) < 4.78 is 5.93. The van der Waals surface area contributed by atoms with Gasteiger partial charge in [0.1, 0.15) is 5.75 Å². The van der Waals surface area contributed by atoms with Crippen LogP contribution in [-0.2, 0) is 0 Å². The molecule has 1 saturated carbocycles. The van der Waals surface area contributed by atoms with Gasteiger partial charge in [-0.25, -0.2) is 0 Å². The Morgan fingerprint density at radius 1 is 1.12 bits per heavy atom. The minimum absolute atomic E-state index is 0.0774. The van der Waals surface area contributed by atoms with Crippen LogP contribution in [0.4, 0.5) is 5.69 Å². The Kier molecular flexibility index (Phi) is 5.36. The molecule has 3 rings (SSSR count). The number of rotatable bonds is 7. The summed E-state index contributed by atoms with van der Waals surface area (Å²) in [7, 11) is 2.02. The highest BCUT2D eigenvalue weighted by molar-refractivity contribution is 5.96. The number of anilines is 1. The van der Waals surface area contributed by atoms with Crippen LogP contribution < -0.4 is 15.0 Å². The molecule has 1 amide bonds. The van der Waals surface area contributed by atoms with Crippen molar-refractivity contribution in [2.75, 3.05) is 25.0 Å². The number of amides is 1. The van der Waals surface area contributed by atoms with Crippen LogP contribution in [0.25, 0.3) is 0 Å². The molecule has 4 nitrogen and oxygen atoms in total. The van der Waals surface area contributed by atoms with E-state index in [1.807, 2.05) is 49.5 Å². The Labute approximate surface area is 143 Å². The molecule has 2 aromatic carbocycles. The van der Waals surface area contributed by atoms with Gasteiger partial charge in [-0.2, -0.15) is 0 Å². The Bertz CT molecular complexity index is 668. The SMILES string of the molecule is CN(CCNC(=O)c1ccccc1OC1CCC1)c1ccccc1. The molecule has 0 bridgehead atoms. The first kappa shape index (κ1) is 16.4. The Morgan fingerprint density at radius 3 is 2.54 bits per heavy atom. The highest BCUT2D eigenvalue weighted by atomic mass is 16.5. The maximum atomic E-state index is 12.5. The van der Waals surface area contributed by atoms with Crippen molar-refractivity contribution in [3.8, 4) is 5.75 Å². The van der Waals surface area contributed by atoms with Crippen molar-refractivity contribution in [3.63, 3.8) is 0 Å². The van der Waals surface area contributed by atoms with E-state index in [2.05, 4.69) is 22.3 Å². The van der Waals surface area contributed by atoms with Crippen LogP contribution in [0, 0.1) is 0 Å². The molecule has 1 fully saturated rings. The van der Waals surface area contributed by atoms with Gasteiger partial charge < -0.3 is 15.0 Å². The number of nitrogens with zero attached hydrogens (tertiary/aromatic N) is 1. The molecular weight excluding hydrogens is 300 g/mol. The molecule has 0 saturated heterocycles. The number of nitrogens with one attached hydrogen (secondary N) is 1. The average molecular weight is 324 g/mol. The second-order valence-electron chi connectivity index (χ2n) is 6.18. The van der Waals surface area contributed by atoms with Crippen molar-refractivity contribution in [3.05, 3.63) is 60.2 Å². The molecule has 24 heavy (non-hydrogen) atoms. The molecule has 0 heterocycles. The first-order valence-corrected chi connectivity index (χ1v) is 8.54. The molecule has 0 aromatic heterocycles. The highest BCUT2D eigenvalue weighted by Gasteiger charge is 2.21. The van der Waals surface area contributed by atoms with E-state index in [-0.39, 0.29) is 12.0 Å². The largest absolute Gasteiger partial charge is 0.490 e. The van der Waals surface area contributed by atoms with Gasteiger partial charge in [-0.05, 0) is 43.5 Å². The molecule has 0 aliphatic heterocycles. The topological polar surface area (TPSA) is 41.6 Å². The second-order valence-corrected chi connectivity index (χ2v) is 6.18. The number of carbonyl (C=O) groups is 1. The second kappa shape index (κ2) is 7.86. The molecule has 2 aromatic rings. The summed E-state index contributed by atoms with van der Waals surface area (Å²) in [4.78, 5) is 14.6. The minimum Gasteiger partial charge on any atom is -0.490 e. The Hall–Kier alpha value is -2.49. The predicted octanol–water partition coefficient (Wildman–Crippen LogP) is 3.48. The van der Waals surface area contributed by atoms with Crippen molar-refractivity contribution in [1.29, 1.82) is 0 Å². The quantitative estimate of drug-likeness (QED) is 0.848. The molecule has 0 atom stereocenters. The zero-order chi connectivity index (χ0) is 16.8. The number of likely N-dealkylation sites (N-methyl/N-ethyl adjacent to an activating group) is 1. The van der Waals surface area contributed by atoms with E-state index < -0.39 is 0 Å². The monoisotopic (exact) mass is 324 g/mol. The zero-order valence-electron chi connectivity index (χ0n) is 14.1. The van der Waals surface area contributed by atoms with E-state index in [0.717, 1.165) is 25.1 Å². The lowest BCUT2D eigenvalue weighted by atomic mass is 9.96. The van der Waals surface area contributed by atoms with Crippen LogP contribution in [-0.4, -0.2) is 32.1 Å². The van der Waals surface area contributed by atoms with Crippen molar-refractivity contribution >= 4 is 11.6 Å². The van der Waals surface area contributed by atoms with Gasteiger partial charge in [0, 0.05) is 25.8 Å². The highest BCUT2D eigenvalue weighted by Crippen LogP contribution is 2.27. The molecule has 0 radical (unpaired) electrons. The van der Waals surface area contributed by atoms with Gasteiger partial charge in [0.2, 0.25) is 0 Å². The lowest BCUT2D eigenvalue weighted by Crippen LogP contribution is -2.33. The van der Waals surface area contributed by atoms with Crippen LogP contribution >= 0.6 is 0 Å². The van der Waals surface area contributed by atoms with Crippen molar-refractivity contribution in [2.24, 2.45) is 0 Å². The fourth-order valence-corrected chi connectivity index (χ4v) is 2.67. The number of ether oxygens (including phenoxy) is 1. The maximum Gasteiger partial charge on any atom is 0.255 e. The van der Waals surface area contributed by atoms with Crippen LogP contribution in [0.15, 0.2) is 54.6 Å². The summed E-state index contributed by atoms with van der Waals surface area (Å²) in [5, 5.41) is 2.99. The predicted molar refractivity (Wildman–Crippen MR) is 96.8 cm³/mol. The molecule has 0 spiro atoms. The first-order chi connectivity index (χ1) is 11.7. The Morgan fingerprint density at radius 2 is 1.83 bits per heavy atom. The molecule has 1 aliphatic rings. The first-order valence-electron chi connectivity index (χ1n) is 8.54. The van der Waals surface area contributed by atoms with E-state index in [1.54, 1.807) is 0 Å². The van der Waals surface area contributed by atoms with Crippen molar-refractivity contribution < 1.29 is 9.53 Å². The van der Waals surface area contributed by atoms with Gasteiger partial charge in [-0.15, -0.1) is 0 Å². The van der Waals surface area contributed by atoms with Gasteiger partial charge >= 0.3 is 0 Å². The third-order valence-corrected chi connectivity index (χ3v) is 4.41. The number of hydrogen-bond acceptors (Lipinski definition) is 3. The van der Waals surface area contributed by atoms with Crippen molar-refractivity contribution in [2.45, 2.75) is 25.4 Å². The van der Waals surface area contributed by atoms with Gasteiger partial charge in [-0.1, -0.05) is 30.3 Å². The average Bonchev–Trinajstić information content (AvgIpc) is 2.59. The summed E-state index contributed by atoms with van der Waals surface area (Å²) in [6, 6.07) is 17.6. The standard InChI is InChI=1S/C20H24N2O2/c1-22(16-8-3-2-4-9-16)15-14-21-20(23)18-12-5-6-13-19(18)24-17-10-7-11-17/h2-6,8-9,12-13,17H,7,10-11,14-15H2,1H3,(H,21,23). The summed E-state index contributed by atoms with van der Waals surface area (Å²) in [5.41, 5.74) is 1.76. The Balaban J connectivity index is 1.53. The zero-order valence-corrected chi connectivity index (χ0v) is 14.1. The summed E-state index contributed by atoms with van der Waals surface area (Å²) in [5.74, 6) is 0.613. The van der Waals surface area contributed by atoms with Crippen LogP contribution in [0.3, 0.4) is 0 Å². The molecule has 4 heteroatoms. The third-order valence-electron chi connectivity index (χ3n) is 4.41. The number of para-hydroxylation sites is 2. The van der Waals surface area contributed by atoms with E-state index >= 15 is 0 Å². The van der Waals surface area contributed by atoms with E-state index in [4.69, 9.17) is 4.74 Å². The van der Waals surface area contributed by atoms with Crippen LogP contribution in [0.5, 0.6) is 5.75 Å². The van der Waals surface area contributed by atoms with Crippen LogP contribution in [0.2, 0.25) is 0 Å². The minimum atomic E-state index is -0.0774. The molecule has 1 aliphatic carbocycles. The smallest absolute Gasteiger partial charge is 0.255 e.